The number of pyridine rings is 1. The second-order valence-electron chi connectivity index (χ2n) is 8.17. The van der Waals surface area contributed by atoms with E-state index in [-0.39, 0.29) is 29.8 Å². The summed E-state index contributed by atoms with van der Waals surface area (Å²) in [4.78, 5) is 0. The summed E-state index contributed by atoms with van der Waals surface area (Å²) in [5.41, 5.74) is 0.0315. The summed E-state index contributed by atoms with van der Waals surface area (Å²) in [5, 5.41) is 7.86. The van der Waals surface area contributed by atoms with Gasteiger partial charge in [-0.25, -0.2) is 0 Å². The molecule has 2 heterocycles. The van der Waals surface area contributed by atoms with Gasteiger partial charge in [0, 0.05) is 18.5 Å². The molecule has 2 fully saturated rings. The minimum absolute atomic E-state index is 0.155. The fraction of sp³-hybridized carbons (Fsp3) is 0.455. The van der Waals surface area contributed by atoms with Crippen molar-refractivity contribution in [3.05, 3.63) is 53.5 Å². The quantitative estimate of drug-likeness (QED) is 0.549. The molecular formula is C22H22F3N3O2. The predicted molar refractivity (Wildman–Crippen MR) is 104 cm³/mol. The van der Waals surface area contributed by atoms with Gasteiger partial charge in [0.1, 0.15) is 22.9 Å². The molecule has 0 saturated heterocycles. The van der Waals surface area contributed by atoms with Crippen LogP contribution in [0.3, 0.4) is 0 Å². The van der Waals surface area contributed by atoms with E-state index in [1.807, 2.05) is 24.3 Å². The SMILES string of the molecule is COc1ccccc1[C@@H]1C[C@H]1COc1ccn2c(CC3CC3)nnc2c1C(F)(F)F. The number of methoxy groups -OCH3 is 1. The Labute approximate surface area is 171 Å². The molecule has 0 spiro atoms. The van der Waals surface area contributed by atoms with Gasteiger partial charge in [-0.3, -0.25) is 4.40 Å². The Bertz CT molecular complexity index is 1080. The number of fused-ring (bicyclic) bond motifs is 1. The molecule has 2 aromatic heterocycles. The highest BCUT2D eigenvalue weighted by atomic mass is 19.4. The minimum atomic E-state index is -4.58. The zero-order valence-electron chi connectivity index (χ0n) is 16.5. The van der Waals surface area contributed by atoms with Crippen LogP contribution in [-0.4, -0.2) is 28.3 Å². The highest BCUT2D eigenvalue weighted by Gasteiger charge is 2.42. The van der Waals surface area contributed by atoms with Gasteiger partial charge in [0.15, 0.2) is 5.65 Å². The molecule has 1 aromatic carbocycles. The number of para-hydroxylation sites is 1. The first-order chi connectivity index (χ1) is 14.5. The molecule has 2 aliphatic carbocycles. The molecule has 0 unspecified atom stereocenters. The molecule has 2 aliphatic rings. The number of alkyl halides is 3. The molecule has 2 atom stereocenters. The first-order valence-electron chi connectivity index (χ1n) is 10.1. The van der Waals surface area contributed by atoms with Gasteiger partial charge in [0.25, 0.3) is 0 Å². The number of halogens is 3. The topological polar surface area (TPSA) is 48.7 Å². The smallest absolute Gasteiger partial charge is 0.423 e. The fourth-order valence-electron chi connectivity index (χ4n) is 4.07. The Morgan fingerprint density at radius 1 is 1.10 bits per heavy atom. The minimum Gasteiger partial charge on any atom is -0.496 e. The molecule has 8 heteroatoms. The van der Waals surface area contributed by atoms with Crippen molar-refractivity contribution in [2.75, 3.05) is 13.7 Å². The van der Waals surface area contributed by atoms with Gasteiger partial charge < -0.3 is 9.47 Å². The van der Waals surface area contributed by atoms with E-state index in [0.717, 1.165) is 30.6 Å². The van der Waals surface area contributed by atoms with Crippen LogP contribution in [0.2, 0.25) is 0 Å². The molecule has 5 nitrogen and oxygen atoms in total. The van der Waals surface area contributed by atoms with E-state index in [9.17, 15) is 13.2 Å². The highest BCUT2D eigenvalue weighted by molar-refractivity contribution is 5.57. The van der Waals surface area contributed by atoms with E-state index in [4.69, 9.17) is 9.47 Å². The maximum Gasteiger partial charge on any atom is 0.423 e. The van der Waals surface area contributed by atoms with Crippen molar-refractivity contribution in [1.29, 1.82) is 0 Å². The third kappa shape index (κ3) is 3.59. The van der Waals surface area contributed by atoms with Crippen molar-refractivity contribution in [2.45, 2.75) is 37.8 Å². The van der Waals surface area contributed by atoms with Crippen LogP contribution < -0.4 is 9.47 Å². The number of nitrogens with zero attached hydrogens (tertiary/aromatic N) is 3. The Kier molecular flexibility index (Phi) is 4.60. The Hall–Kier alpha value is -2.77. The molecule has 0 amide bonds. The molecule has 30 heavy (non-hydrogen) atoms. The zero-order chi connectivity index (χ0) is 20.9. The lowest BCUT2D eigenvalue weighted by molar-refractivity contribution is -0.138. The highest BCUT2D eigenvalue weighted by Crippen LogP contribution is 2.51. The number of hydrogen-bond acceptors (Lipinski definition) is 4. The summed E-state index contributed by atoms with van der Waals surface area (Å²) < 4.78 is 54.1. The first-order valence-corrected chi connectivity index (χ1v) is 10.1. The average Bonchev–Trinajstić information content (AvgIpc) is 3.64. The van der Waals surface area contributed by atoms with E-state index in [1.165, 1.54) is 10.5 Å². The number of benzene rings is 1. The monoisotopic (exact) mass is 417 g/mol. The number of rotatable bonds is 7. The van der Waals surface area contributed by atoms with Gasteiger partial charge in [-0.15, -0.1) is 10.2 Å². The third-order valence-corrected chi connectivity index (χ3v) is 5.98. The number of aromatic nitrogens is 3. The van der Waals surface area contributed by atoms with Crippen molar-refractivity contribution < 1.29 is 22.6 Å². The molecule has 158 valence electrons. The van der Waals surface area contributed by atoms with E-state index in [2.05, 4.69) is 10.2 Å². The van der Waals surface area contributed by atoms with Crippen molar-refractivity contribution in [1.82, 2.24) is 14.6 Å². The lowest BCUT2D eigenvalue weighted by atomic mass is 10.1. The lowest BCUT2D eigenvalue weighted by Gasteiger charge is -2.15. The third-order valence-electron chi connectivity index (χ3n) is 5.98. The van der Waals surface area contributed by atoms with Crippen molar-refractivity contribution >= 4 is 5.65 Å². The average molecular weight is 417 g/mol. The van der Waals surface area contributed by atoms with Crippen molar-refractivity contribution in [3.63, 3.8) is 0 Å². The Morgan fingerprint density at radius 3 is 2.63 bits per heavy atom. The van der Waals surface area contributed by atoms with Gasteiger partial charge >= 0.3 is 6.18 Å². The van der Waals surface area contributed by atoms with Crippen molar-refractivity contribution in [2.24, 2.45) is 11.8 Å². The van der Waals surface area contributed by atoms with Gasteiger partial charge in [0.05, 0.1) is 13.7 Å². The first kappa shape index (κ1) is 19.2. The molecule has 0 radical (unpaired) electrons. The van der Waals surface area contributed by atoms with E-state index in [1.54, 1.807) is 13.3 Å². The predicted octanol–water partition coefficient (Wildman–Crippen LogP) is 4.89. The summed E-state index contributed by atoms with van der Waals surface area (Å²) in [5.74, 6) is 2.08. The molecule has 5 rings (SSSR count). The van der Waals surface area contributed by atoms with E-state index in [0.29, 0.717) is 18.2 Å². The van der Waals surface area contributed by atoms with E-state index < -0.39 is 11.7 Å². The van der Waals surface area contributed by atoms with Crippen LogP contribution >= 0.6 is 0 Å². The van der Waals surface area contributed by atoms with Crippen LogP contribution in [0.25, 0.3) is 5.65 Å². The molecule has 0 bridgehead atoms. The zero-order valence-corrected chi connectivity index (χ0v) is 16.5. The van der Waals surface area contributed by atoms with Gasteiger partial charge in [-0.1, -0.05) is 18.2 Å². The standard InChI is InChI=1S/C22H22F3N3O2/c1-29-17-5-3-2-4-15(17)16-11-14(16)12-30-18-8-9-28-19(10-13-6-7-13)26-27-21(28)20(18)22(23,24)25/h2-5,8-9,13-14,16H,6-7,10-12H2,1H3/t14-,16+/m0/s1. The molecule has 2 saturated carbocycles. The molecular weight excluding hydrogens is 395 g/mol. The molecule has 0 N–H and O–H groups in total. The molecule has 0 aliphatic heterocycles. The van der Waals surface area contributed by atoms with Crippen LogP contribution in [0, 0.1) is 11.8 Å². The lowest BCUT2D eigenvalue weighted by Crippen LogP contribution is -2.13. The summed E-state index contributed by atoms with van der Waals surface area (Å²) in [6, 6.07) is 9.11. The maximum atomic E-state index is 13.9. The van der Waals surface area contributed by atoms with Crippen LogP contribution in [0.1, 0.15) is 42.1 Å². The van der Waals surface area contributed by atoms with Gasteiger partial charge in [-0.05, 0) is 48.8 Å². The van der Waals surface area contributed by atoms with Crippen molar-refractivity contribution in [3.8, 4) is 11.5 Å². The Morgan fingerprint density at radius 2 is 1.90 bits per heavy atom. The second kappa shape index (κ2) is 7.18. The number of ether oxygens (including phenoxy) is 2. The van der Waals surface area contributed by atoms with Gasteiger partial charge in [-0.2, -0.15) is 13.2 Å². The summed E-state index contributed by atoms with van der Waals surface area (Å²) in [6.07, 6.45) is 0.714. The van der Waals surface area contributed by atoms with Crippen LogP contribution in [0.15, 0.2) is 36.5 Å². The summed E-state index contributed by atoms with van der Waals surface area (Å²) in [7, 11) is 1.62. The van der Waals surface area contributed by atoms with Gasteiger partial charge in [0.2, 0.25) is 0 Å². The van der Waals surface area contributed by atoms with Crippen LogP contribution in [0.5, 0.6) is 11.5 Å². The van der Waals surface area contributed by atoms with Crippen LogP contribution in [0.4, 0.5) is 13.2 Å². The Balaban J connectivity index is 1.37. The molecule has 3 aromatic rings. The largest absolute Gasteiger partial charge is 0.496 e. The van der Waals surface area contributed by atoms with Crippen LogP contribution in [-0.2, 0) is 12.6 Å². The normalized spacial score (nSPS) is 21.1. The second-order valence-corrected chi connectivity index (χ2v) is 8.17. The fourth-order valence-corrected chi connectivity index (χ4v) is 4.07. The van der Waals surface area contributed by atoms with E-state index >= 15 is 0 Å². The maximum absolute atomic E-state index is 13.9. The summed E-state index contributed by atoms with van der Waals surface area (Å²) in [6.45, 7) is 0.213. The number of hydrogen-bond donors (Lipinski definition) is 0. The summed E-state index contributed by atoms with van der Waals surface area (Å²) >= 11 is 0.